The first-order chi connectivity index (χ1) is 34.0. The molecule has 0 N–H and O–H groups in total. The van der Waals surface area contributed by atoms with Crippen LogP contribution >= 0.6 is 0 Å². The van der Waals surface area contributed by atoms with Crippen LogP contribution in [-0.2, 0) is 28.6 Å². The highest BCUT2D eigenvalue weighted by atomic mass is 16.6. The summed E-state index contributed by atoms with van der Waals surface area (Å²) in [6.45, 7) is 6.44. The van der Waals surface area contributed by atoms with Crippen molar-refractivity contribution >= 4 is 17.9 Å². The van der Waals surface area contributed by atoms with Gasteiger partial charge in [0.1, 0.15) is 13.2 Å². The lowest BCUT2D eigenvalue weighted by Crippen LogP contribution is -2.30. The van der Waals surface area contributed by atoms with Gasteiger partial charge in [-0.05, 0) is 122 Å². The van der Waals surface area contributed by atoms with E-state index in [2.05, 4.69) is 118 Å². The van der Waals surface area contributed by atoms with Crippen molar-refractivity contribution in [3.05, 3.63) is 97.2 Å². The van der Waals surface area contributed by atoms with E-state index in [4.69, 9.17) is 14.2 Å². The molecule has 0 amide bonds. The number of hydrogen-bond acceptors (Lipinski definition) is 6. The molecule has 69 heavy (non-hydrogen) atoms. The van der Waals surface area contributed by atoms with Crippen LogP contribution in [0.15, 0.2) is 97.2 Å². The summed E-state index contributed by atoms with van der Waals surface area (Å²) in [6.07, 6.45) is 75.4. The Kier molecular flexibility index (Phi) is 53.9. The van der Waals surface area contributed by atoms with Gasteiger partial charge in [0, 0.05) is 19.3 Å². The van der Waals surface area contributed by atoms with Crippen LogP contribution in [0.1, 0.15) is 265 Å². The predicted molar refractivity (Wildman–Crippen MR) is 297 cm³/mol. The Hall–Kier alpha value is -3.67. The number of esters is 3. The molecule has 0 rings (SSSR count). The van der Waals surface area contributed by atoms with E-state index >= 15 is 0 Å². The molecule has 0 aliphatic carbocycles. The molecular weight excluding hydrogens is 853 g/mol. The van der Waals surface area contributed by atoms with Crippen LogP contribution in [0.5, 0.6) is 0 Å². The number of ether oxygens (including phenoxy) is 3. The summed E-state index contributed by atoms with van der Waals surface area (Å²) < 4.78 is 16.8. The van der Waals surface area contributed by atoms with Gasteiger partial charge in [-0.3, -0.25) is 14.4 Å². The normalized spacial score (nSPS) is 12.8. The zero-order valence-corrected chi connectivity index (χ0v) is 45.0. The minimum absolute atomic E-state index is 0.0966. The third-order valence-electron chi connectivity index (χ3n) is 12.0. The molecule has 6 heteroatoms. The number of rotatable bonds is 51. The van der Waals surface area contributed by atoms with E-state index in [1.165, 1.54) is 122 Å². The van der Waals surface area contributed by atoms with Crippen molar-refractivity contribution in [2.45, 2.75) is 271 Å². The second-order valence-electron chi connectivity index (χ2n) is 18.8. The lowest BCUT2D eigenvalue weighted by molar-refractivity contribution is -0.167. The molecular formula is C63H106O6. The molecule has 0 aliphatic heterocycles. The number of allylic oxidation sites excluding steroid dienone is 16. The second-order valence-corrected chi connectivity index (χ2v) is 18.8. The molecule has 6 nitrogen and oxygen atoms in total. The Balaban J connectivity index is 4.45. The summed E-state index contributed by atoms with van der Waals surface area (Å²) in [7, 11) is 0. The fraction of sp³-hybridized carbons (Fsp3) is 0.698. The van der Waals surface area contributed by atoms with Gasteiger partial charge in [-0.25, -0.2) is 0 Å². The molecule has 1 atom stereocenters. The molecule has 1 unspecified atom stereocenters. The summed E-state index contributed by atoms with van der Waals surface area (Å²) in [5.41, 5.74) is 0. The van der Waals surface area contributed by atoms with E-state index < -0.39 is 6.10 Å². The predicted octanol–water partition coefficient (Wildman–Crippen LogP) is 19.3. The van der Waals surface area contributed by atoms with Crippen molar-refractivity contribution < 1.29 is 28.6 Å². The first-order valence-electron chi connectivity index (χ1n) is 28.7. The first-order valence-corrected chi connectivity index (χ1v) is 28.7. The van der Waals surface area contributed by atoms with Crippen LogP contribution in [0.2, 0.25) is 0 Å². The highest BCUT2D eigenvalue weighted by Crippen LogP contribution is 2.15. The molecule has 394 valence electrons. The van der Waals surface area contributed by atoms with Gasteiger partial charge in [-0.2, -0.15) is 0 Å². The summed E-state index contributed by atoms with van der Waals surface area (Å²) >= 11 is 0. The molecule has 0 aromatic heterocycles. The highest BCUT2D eigenvalue weighted by Gasteiger charge is 2.19. The monoisotopic (exact) mass is 959 g/mol. The van der Waals surface area contributed by atoms with Gasteiger partial charge < -0.3 is 14.2 Å². The van der Waals surface area contributed by atoms with Crippen LogP contribution in [0.25, 0.3) is 0 Å². The third kappa shape index (κ3) is 55.1. The number of carbonyl (C=O) groups excluding carboxylic acids is 3. The Morgan fingerprint density at radius 3 is 0.913 bits per heavy atom. The smallest absolute Gasteiger partial charge is 0.306 e. The first kappa shape index (κ1) is 65.3. The maximum absolute atomic E-state index is 12.9. The van der Waals surface area contributed by atoms with Crippen molar-refractivity contribution in [1.82, 2.24) is 0 Å². The largest absolute Gasteiger partial charge is 0.462 e. The topological polar surface area (TPSA) is 78.9 Å². The quantitative estimate of drug-likeness (QED) is 0.0262. The van der Waals surface area contributed by atoms with E-state index in [1.807, 2.05) is 0 Å². The standard InChI is InChI=1S/C63H106O6/c1-4-7-10-13-16-19-22-25-28-30-31-33-35-38-41-44-47-50-53-56-62(65)68-59-60(58-67-61(64)55-52-49-46-43-40-37-34-27-24-21-18-15-12-9-6-3)69-63(66)57-54-51-48-45-42-39-36-32-29-26-23-20-17-14-11-8-5-2/h9,12,16-21,25-29,34,40,43,60H,4-8,10-11,13-15,22-24,30-33,35-39,41-42,44-59H2,1-3H3/b12-9-,19-16-,20-17-,21-18-,28-25-,29-26-,34-27-,43-40-. The average molecular weight is 960 g/mol. The van der Waals surface area contributed by atoms with Gasteiger partial charge in [0.2, 0.25) is 0 Å². The molecule has 0 radical (unpaired) electrons. The zero-order chi connectivity index (χ0) is 50.0. The van der Waals surface area contributed by atoms with Gasteiger partial charge >= 0.3 is 17.9 Å². The second kappa shape index (κ2) is 56.9. The number of unbranched alkanes of at least 4 members (excludes halogenated alkanes) is 24. The van der Waals surface area contributed by atoms with E-state index in [0.29, 0.717) is 19.3 Å². The number of carbonyl (C=O) groups is 3. The van der Waals surface area contributed by atoms with Crippen LogP contribution < -0.4 is 0 Å². The Morgan fingerprint density at radius 1 is 0.304 bits per heavy atom. The van der Waals surface area contributed by atoms with Crippen LogP contribution in [0, 0.1) is 0 Å². The maximum atomic E-state index is 12.9. The van der Waals surface area contributed by atoms with Gasteiger partial charge in [-0.15, -0.1) is 0 Å². The van der Waals surface area contributed by atoms with E-state index in [-0.39, 0.29) is 31.1 Å². The summed E-state index contributed by atoms with van der Waals surface area (Å²) in [4.78, 5) is 38.2. The van der Waals surface area contributed by atoms with Crippen LogP contribution in [-0.4, -0.2) is 37.2 Å². The summed E-state index contributed by atoms with van der Waals surface area (Å²) in [5, 5.41) is 0. The van der Waals surface area contributed by atoms with Gasteiger partial charge in [0.05, 0.1) is 0 Å². The minimum atomic E-state index is -0.802. The molecule has 0 heterocycles. The van der Waals surface area contributed by atoms with Crippen molar-refractivity contribution in [3.8, 4) is 0 Å². The molecule has 0 saturated heterocycles. The van der Waals surface area contributed by atoms with Crippen molar-refractivity contribution in [2.24, 2.45) is 0 Å². The molecule has 0 bridgehead atoms. The lowest BCUT2D eigenvalue weighted by atomic mass is 10.1. The van der Waals surface area contributed by atoms with E-state index in [0.717, 1.165) is 103 Å². The number of hydrogen-bond donors (Lipinski definition) is 0. The Bertz CT molecular complexity index is 1380. The van der Waals surface area contributed by atoms with Crippen molar-refractivity contribution in [2.75, 3.05) is 13.2 Å². The SMILES string of the molecule is CC/C=C\C/C=C\C/C=C\C/C=C\CCCCC(=O)OCC(COC(=O)CCCCCCCCCCC/C=C\C/C=C\CCCCC)OC(=O)CCCCCCCCC/C=C\C/C=C\CCCCC. The summed E-state index contributed by atoms with van der Waals surface area (Å²) in [5.74, 6) is -0.949. The fourth-order valence-electron chi connectivity index (χ4n) is 7.73. The lowest BCUT2D eigenvalue weighted by Gasteiger charge is -2.18. The van der Waals surface area contributed by atoms with Gasteiger partial charge in [0.25, 0.3) is 0 Å². The molecule has 0 aromatic rings. The fourth-order valence-corrected chi connectivity index (χ4v) is 7.73. The average Bonchev–Trinajstić information content (AvgIpc) is 3.35. The molecule has 0 aromatic carbocycles. The molecule has 0 saturated carbocycles. The Morgan fingerprint density at radius 2 is 0.565 bits per heavy atom. The van der Waals surface area contributed by atoms with E-state index in [9.17, 15) is 14.4 Å². The minimum Gasteiger partial charge on any atom is -0.462 e. The van der Waals surface area contributed by atoms with Gasteiger partial charge in [-0.1, -0.05) is 221 Å². The Labute approximate surface area is 426 Å². The zero-order valence-electron chi connectivity index (χ0n) is 45.0. The van der Waals surface area contributed by atoms with Crippen LogP contribution in [0.4, 0.5) is 0 Å². The molecule has 0 spiro atoms. The third-order valence-corrected chi connectivity index (χ3v) is 12.0. The van der Waals surface area contributed by atoms with E-state index in [1.54, 1.807) is 0 Å². The van der Waals surface area contributed by atoms with Crippen molar-refractivity contribution in [3.63, 3.8) is 0 Å². The van der Waals surface area contributed by atoms with Crippen LogP contribution in [0.3, 0.4) is 0 Å². The molecule has 0 fully saturated rings. The highest BCUT2D eigenvalue weighted by molar-refractivity contribution is 5.71. The van der Waals surface area contributed by atoms with Crippen molar-refractivity contribution in [1.29, 1.82) is 0 Å². The maximum Gasteiger partial charge on any atom is 0.306 e. The van der Waals surface area contributed by atoms with Gasteiger partial charge in [0.15, 0.2) is 6.10 Å². The summed E-state index contributed by atoms with van der Waals surface area (Å²) in [6, 6.07) is 0. The molecule has 0 aliphatic rings.